The summed E-state index contributed by atoms with van der Waals surface area (Å²) in [5.74, 6) is -0.0218. The molecule has 0 unspecified atom stereocenters. The summed E-state index contributed by atoms with van der Waals surface area (Å²) >= 11 is 0. The van der Waals surface area contributed by atoms with E-state index in [1.165, 1.54) is 5.56 Å². The second-order valence-corrected chi connectivity index (χ2v) is 6.67. The Labute approximate surface area is 154 Å². The second-order valence-electron chi connectivity index (χ2n) is 6.67. The van der Waals surface area contributed by atoms with Gasteiger partial charge in [0.25, 0.3) is 0 Å². The number of nitrogens with one attached hydrogen (secondary N) is 2. The second kappa shape index (κ2) is 7.60. The summed E-state index contributed by atoms with van der Waals surface area (Å²) in [6, 6.07) is 13.4. The summed E-state index contributed by atoms with van der Waals surface area (Å²) in [5, 5.41) is 6.18. The van der Waals surface area contributed by atoms with Gasteiger partial charge in [-0.3, -0.25) is 9.59 Å². The maximum atomic E-state index is 12.4. The molecule has 0 aromatic heterocycles. The molecule has 1 atom stereocenters. The predicted octanol–water partition coefficient (Wildman–Crippen LogP) is 3.60. The Hall–Kier alpha value is -2.82. The minimum atomic E-state index is -0.371. The summed E-state index contributed by atoms with van der Waals surface area (Å²) < 4.78 is 0. The predicted molar refractivity (Wildman–Crippen MR) is 106 cm³/mol. The van der Waals surface area contributed by atoms with Crippen LogP contribution in [0.1, 0.15) is 31.9 Å². The number of benzene rings is 2. The van der Waals surface area contributed by atoms with Gasteiger partial charge in [0.2, 0.25) is 11.8 Å². The number of carbonyl (C=O) groups excluding carboxylic acids is 2. The van der Waals surface area contributed by atoms with Gasteiger partial charge in [-0.25, -0.2) is 0 Å². The number of amides is 2. The maximum Gasteiger partial charge on any atom is 0.246 e. The van der Waals surface area contributed by atoms with Gasteiger partial charge in [-0.1, -0.05) is 19.1 Å². The highest BCUT2D eigenvalue weighted by atomic mass is 16.2. The van der Waals surface area contributed by atoms with E-state index in [4.69, 9.17) is 0 Å². The van der Waals surface area contributed by atoms with Crippen molar-refractivity contribution < 1.29 is 9.59 Å². The van der Waals surface area contributed by atoms with E-state index < -0.39 is 0 Å². The first-order chi connectivity index (χ1) is 12.5. The van der Waals surface area contributed by atoms with Crippen molar-refractivity contribution in [2.45, 2.75) is 39.7 Å². The molecule has 5 heteroatoms. The Kier molecular flexibility index (Phi) is 5.26. The lowest BCUT2D eigenvalue weighted by Gasteiger charge is -2.18. The zero-order chi connectivity index (χ0) is 18.7. The van der Waals surface area contributed by atoms with Gasteiger partial charge in [-0.2, -0.15) is 0 Å². The van der Waals surface area contributed by atoms with Gasteiger partial charge in [0, 0.05) is 30.5 Å². The minimum absolute atomic E-state index is 0.0614. The van der Waals surface area contributed by atoms with Gasteiger partial charge >= 0.3 is 0 Å². The molecule has 5 nitrogen and oxygen atoms in total. The summed E-state index contributed by atoms with van der Waals surface area (Å²) in [6.07, 6.45) is 1.82. The van der Waals surface area contributed by atoms with Crippen LogP contribution in [0.2, 0.25) is 0 Å². The lowest BCUT2D eigenvalue weighted by molar-refractivity contribution is -0.117. The van der Waals surface area contributed by atoms with E-state index in [1.807, 2.05) is 49.4 Å². The van der Waals surface area contributed by atoms with Crippen molar-refractivity contribution >= 4 is 28.9 Å². The topological polar surface area (TPSA) is 61.4 Å². The van der Waals surface area contributed by atoms with Crippen LogP contribution in [0.3, 0.4) is 0 Å². The first-order valence-electron chi connectivity index (χ1n) is 9.05. The number of fused-ring (bicyclic) bond motifs is 1. The van der Waals surface area contributed by atoms with Crippen LogP contribution < -0.4 is 15.5 Å². The molecule has 0 spiro atoms. The summed E-state index contributed by atoms with van der Waals surface area (Å²) in [7, 11) is 0. The Morgan fingerprint density at radius 2 is 1.81 bits per heavy atom. The highest BCUT2D eigenvalue weighted by Gasteiger charge is 2.22. The standard InChI is InChI=1S/C21H25N3O2/c1-4-16-5-7-18(8-6-16)23-21(26)14(2)22-19-9-10-20-17(13-19)11-12-24(20)15(3)25/h5-10,13-14,22H,4,11-12H2,1-3H3,(H,23,26)/t14-/m1/s1. The third-order valence-corrected chi connectivity index (χ3v) is 4.76. The van der Waals surface area contributed by atoms with Crippen LogP contribution in [0.4, 0.5) is 17.1 Å². The molecule has 0 aliphatic carbocycles. The van der Waals surface area contributed by atoms with E-state index in [2.05, 4.69) is 17.6 Å². The molecule has 1 aliphatic heterocycles. The third kappa shape index (κ3) is 3.87. The smallest absolute Gasteiger partial charge is 0.246 e. The monoisotopic (exact) mass is 351 g/mol. The van der Waals surface area contributed by atoms with E-state index in [0.717, 1.165) is 42.0 Å². The SMILES string of the molecule is CCc1ccc(NC(=O)[C@@H](C)Nc2ccc3c(c2)CCN3C(C)=O)cc1. The molecule has 0 saturated heterocycles. The lowest BCUT2D eigenvalue weighted by Crippen LogP contribution is -2.31. The van der Waals surface area contributed by atoms with Crippen LogP contribution in [-0.2, 0) is 22.4 Å². The van der Waals surface area contributed by atoms with Gasteiger partial charge in [0.15, 0.2) is 0 Å². The van der Waals surface area contributed by atoms with Gasteiger partial charge < -0.3 is 15.5 Å². The van der Waals surface area contributed by atoms with Crippen molar-refractivity contribution in [2.24, 2.45) is 0 Å². The van der Waals surface area contributed by atoms with Crippen molar-refractivity contribution in [3.05, 3.63) is 53.6 Å². The first-order valence-corrected chi connectivity index (χ1v) is 9.05. The molecule has 2 N–H and O–H groups in total. The molecule has 2 amide bonds. The van der Waals surface area contributed by atoms with Crippen molar-refractivity contribution in [2.75, 3.05) is 22.1 Å². The van der Waals surface area contributed by atoms with E-state index in [-0.39, 0.29) is 17.9 Å². The fourth-order valence-corrected chi connectivity index (χ4v) is 3.21. The fraction of sp³-hybridized carbons (Fsp3) is 0.333. The number of hydrogen-bond acceptors (Lipinski definition) is 3. The highest BCUT2D eigenvalue weighted by molar-refractivity contribution is 5.97. The Morgan fingerprint density at radius 3 is 2.46 bits per heavy atom. The van der Waals surface area contributed by atoms with Crippen molar-refractivity contribution in [1.29, 1.82) is 0 Å². The molecule has 0 fully saturated rings. The number of carbonyl (C=O) groups is 2. The fourth-order valence-electron chi connectivity index (χ4n) is 3.21. The lowest BCUT2D eigenvalue weighted by atomic mass is 10.1. The van der Waals surface area contributed by atoms with Crippen molar-refractivity contribution in [3.63, 3.8) is 0 Å². The van der Waals surface area contributed by atoms with E-state index in [9.17, 15) is 9.59 Å². The van der Waals surface area contributed by atoms with Gasteiger partial charge in [-0.15, -0.1) is 0 Å². The quantitative estimate of drug-likeness (QED) is 0.865. The normalized spacial score (nSPS) is 13.9. The Bertz CT molecular complexity index is 815. The largest absolute Gasteiger partial charge is 0.374 e. The number of rotatable bonds is 5. The zero-order valence-electron chi connectivity index (χ0n) is 15.5. The van der Waals surface area contributed by atoms with Crippen LogP contribution in [0.5, 0.6) is 0 Å². The highest BCUT2D eigenvalue weighted by Crippen LogP contribution is 2.30. The van der Waals surface area contributed by atoms with Crippen molar-refractivity contribution in [1.82, 2.24) is 0 Å². The van der Waals surface area contributed by atoms with Crippen LogP contribution in [0.25, 0.3) is 0 Å². The van der Waals surface area contributed by atoms with Crippen LogP contribution in [-0.4, -0.2) is 24.4 Å². The number of hydrogen-bond donors (Lipinski definition) is 2. The van der Waals surface area contributed by atoms with E-state index in [0.29, 0.717) is 0 Å². The van der Waals surface area contributed by atoms with Crippen LogP contribution in [0.15, 0.2) is 42.5 Å². The average molecular weight is 351 g/mol. The molecule has 0 saturated carbocycles. The molecule has 2 aromatic rings. The van der Waals surface area contributed by atoms with Crippen molar-refractivity contribution in [3.8, 4) is 0 Å². The summed E-state index contributed by atoms with van der Waals surface area (Å²) in [5.41, 5.74) is 5.03. The van der Waals surface area contributed by atoms with Crippen LogP contribution >= 0.6 is 0 Å². The first kappa shape index (κ1) is 18.0. The minimum Gasteiger partial charge on any atom is -0.374 e. The summed E-state index contributed by atoms with van der Waals surface area (Å²) in [6.45, 7) is 6.25. The molecule has 26 heavy (non-hydrogen) atoms. The molecule has 0 bridgehead atoms. The molecular weight excluding hydrogens is 326 g/mol. The molecule has 3 rings (SSSR count). The maximum absolute atomic E-state index is 12.4. The average Bonchev–Trinajstić information content (AvgIpc) is 3.05. The molecule has 1 heterocycles. The van der Waals surface area contributed by atoms with E-state index >= 15 is 0 Å². The molecular formula is C21H25N3O2. The van der Waals surface area contributed by atoms with E-state index in [1.54, 1.807) is 11.8 Å². The van der Waals surface area contributed by atoms with Gasteiger partial charge in [-0.05, 0) is 61.2 Å². The third-order valence-electron chi connectivity index (χ3n) is 4.76. The zero-order valence-corrected chi connectivity index (χ0v) is 15.5. The Morgan fingerprint density at radius 1 is 1.12 bits per heavy atom. The molecule has 136 valence electrons. The molecule has 2 aromatic carbocycles. The molecule has 0 radical (unpaired) electrons. The Balaban J connectivity index is 1.63. The number of nitrogens with zero attached hydrogens (tertiary/aromatic N) is 1. The summed E-state index contributed by atoms with van der Waals surface area (Å²) in [4.78, 5) is 25.8. The number of anilines is 3. The van der Waals surface area contributed by atoms with Crippen LogP contribution in [0, 0.1) is 0 Å². The van der Waals surface area contributed by atoms with Gasteiger partial charge in [0.05, 0.1) is 0 Å². The van der Waals surface area contributed by atoms with Gasteiger partial charge in [0.1, 0.15) is 6.04 Å². The molecule has 1 aliphatic rings. The number of aryl methyl sites for hydroxylation is 1.